The smallest absolute Gasteiger partial charge is 0.195 e. The maximum absolute atomic E-state index is 8.81. The molecule has 0 aliphatic heterocycles. The number of hydrogen-bond donors (Lipinski definition) is 1. The molecule has 0 spiro atoms. The van der Waals surface area contributed by atoms with E-state index in [1.807, 2.05) is 46.3 Å². The molecule has 6 heteroatoms. The van der Waals surface area contributed by atoms with Gasteiger partial charge in [-0.25, -0.2) is 0 Å². The van der Waals surface area contributed by atoms with Gasteiger partial charge < -0.3 is 0 Å². The number of nitrogens with zero attached hydrogens (tertiary/aromatic N) is 3. The Bertz CT molecular complexity index is 804. The topological polar surface area (TPSA) is 57.4 Å². The average Bonchev–Trinajstić information content (AvgIpc) is 3.11. The largest absolute Gasteiger partial charge is 0.295 e. The van der Waals surface area contributed by atoms with Crippen LogP contribution in [-0.2, 0) is 6.54 Å². The van der Waals surface area contributed by atoms with Crippen molar-refractivity contribution in [1.82, 2.24) is 14.8 Å². The van der Waals surface area contributed by atoms with Crippen LogP contribution in [-0.4, -0.2) is 14.8 Å². The fourth-order valence-corrected chi connectivity index (χ4v) is 2.84. The first-order chi connectivity index (χ1) is 9.78. The zero-order valence-corrected chi connectivity index (χ0v) is 12.0. The molecule has 2 heterocycles. The van der Waals surface area contributed by atoms with E-state index < -0.39 is 0 Å². The average molecular weight is 298 g/mol. The first kappa shape index (κ1) is 12.8. The van der Waals surface area contributed by atoms with E-state index in [1.54, 1.807) is 11.3 Å². The number of aromatic nitrogens is 3. The molecule has 3 rings (SSSR count). The van der Waals surface area contributed by atoms with Crippen LogP contribution in [0, 0.1) is 16.1 Å². The third kappa shape index (κ3) is 2.41. The number of hydrogen-bond acceptors (Lipinski definition) is 4. The number of aromatic amines is 1. The number of rotatable bonds is 3. The van der Waals surface area contributed by atoms with Crippen LogP contribution in [0.2, 0.25) is 0 Å². The second-order valence-electron chi connectivity index (χ2n) is 4.22. The second-order valence-corrected chi connectivity index (χ2v) is 5.56. The van der Waals surface area contributed by atoms with Crippen LogP contribution < -0.4 is 0 Å². The molecule has 4 nitrogen and oxygen atoms in total. The number of H-pyrrole nitrogens is 1. The van der Waals surface area contributed by atoms with Crippen LogP contribution in [0.15, 0.2) is 41.8 Å². The molecule has 1 N–H and O–H groups in total. The van der Waals surface area contributed by atoms with Gasteiger partial charge in [-0.2, -0.15) is 10.4 Å². The summed E-state index contributed by atoms with van der Waals surface area (Å²) in [4.78, 5) is 1.07. The molecule has 98 valence electrons. The Balaban J connectivity index is 1.96. The molecule has 0 saturated carbocycles. The van der Waals surface area contributed by atoms with Crippen molar-refractivity contribution in [3.63, 3.8) is 0 Å². The third-order valence-electron chi connectivity index (χ3n) is 2.92. The van der Waals surface area contributed by atoms with E-state index in [0.717, 1.165) is 16.3 Å². The normalized spacial score (nSPS) is 10.3. The highest BCUT2D eigenvalue weighted by Gasteiger charge is 2.10. The van der Waals surface area contributed by atoms with E-state index in [2.05, 4.69) is 16.3 Å². The summed E-state index contributed by atoms with van der Waals surface area (Å²) in [7, 11) is 0. The summed E-state index contributed by atoms with van der Waals surface area (Å²) < 4.78 is 2.56. The molecule has 0 fully saturated rings. The first-order valence-electron chi connectivity index (χ1n) is 5.96. The Morgan fingerprint density at radius 3 is 2.75 bits per heavy atom. The van der Waals surface area contributed by atoms with Crippen LogP contribution in [0.25, 0.3) is 10.7 Å². The van der Waals surface area contributed by atoms with Crippen LogP contribution in [0.4, 0.5) is 0 Å². The summed E-state index contributed by atoms with van der Waals surface area (Å²) in [6.07, 6.45) is 0. The highest BCUT2D eigenvalue weighted by Crippen LogP contribution is 2.23. The molecule has 0 saturated heterocycles. The molecule has 0 atom stereocenters. The molecule has 0 unspecified atom stereocenters. The van der Waals surface area contributed by atoms with Gasteiger partial charge in [0.1, 0.15) is 0 Å². The van der Waals surface area contributed by atoms with Gasteiger partial charge in [-0.05, 0) is 41.4 Å². The summed E-state index contributed by atoms with van der Waals surface area (Å²) in [5.74, 6) is 0.842. The molecular formula is C14H10N4S2. The molecule has 0 radical (unpaired) electrons. The molecule has 2 aromatic heterocycles. The molecule has 0 aliphatic carbocycles. The summed E-state index contributed by atoms with van der Waals surface area (Å²) >= 11 is 6.92. The first-order valence-corrected chi connectivity index (χ1v) is 7.25. The fourth-order valence-electron chi connectivity index (χ4n) is 1.93. The van der Waals surface area contributed by atoms with Gasteiger partial charge in [-0.1, -0.05) is 18.2 Å². The van der Waals surface area contributed by atoms with E-state index in [9.17, 15) is 0 Å². The molecule has 0 aliphatic rings. The highest BCUT2D eigenvalue weighted by molar-refractivity contribution is 7.71. The lowest BCUT2D eigenvalue weighted by atomic mass is 10.1. The number of benzene rings is 1. The molecule has 0 bridgehead atoms. The van der Waals surface area contributed by atoms with Gasteiger partial charge >= 0.3 is 0 Å². The molecule has 20 heavy (non-hydrogen) atoms. The van der Waals surface area contributed by atoms with E-state index in [0.29, 0.717) is 16.9 Å². The highest BCUT2D eigenvalue weighted by atomic mass is 32.1. The van der Waals surface area contributed by atoms with Crippen molar-refractivity contribution in [1.29, 1.82) is 5.26 Å². The van der Waals surface area contributed by atoms with Gasteiger partial charge in [0.15, 0.2) is 10.6 Å². The Kier molecular flexibility index (Phi) is 3.46. The standard InChI is InChI=1S/C14H10N4S2/c15-8-10-3-5-11(6-4-10)9-18-13(16-17-14(18)19)12-2-1-7-20-12/h1-7H,9H2,(H,17,19). The summed E-state index contributed by atoms with van der Waals surface area (Å²) in [6.45, 7) is 0.633. The van der Waals surface area contributed by atoms with Gasteiger partial charge in [-0.3, -0.25) is 9.67 Å². The number of thiophene rings is 1. The fraction of sp³-hybridized carbons (Fsp3) is 0.0714. The van der Waals surface area contributed by atoms with E-state index >= 15 is 0 Å². The lowest BCUT2D eigenvalue weighted by molar-refractivity contribution is 0.792. The van der Waals surface area contributed by atoms with Gasteiger partial charge in [0.2, 0.25) is 0 Å². The van der Waals surface area contributed by atoms with Crippen LogP contribution in [0.3, 0.4) is 0 Å². The Morgan fingerprint density at radius 2 is 2.10 bits per heavy atom. The van der Waals surface area contributed by atoms with Crippen molar-refractivity contribution < 1.29 is 0 Å². The van der Waals surface area contributed by atoms with Crippen molar-refractivity contribution in [2.24, 2.45) is 0 Å². The maximum Gasteiger partial charge on any atom is 0.195 e. The quantitative estimate of drug-likeness (QED) is 0.752. The van der Waals surface area contributed by atoms with E-state index in [1.165, 1.54) is 0 Å². The van der Waals surface area contributed by atoms with Crippen molar-refractivity contribution in [2.75, 3.05) is 0 Å². The van der Waals surface area contributed by atoms with Gasteiger partial charge in [0, 0.05) is 0 Å². The molecular weight excluding hydrogens is 288 g/mol. The zero-order valence-electron chi connectivity index (χ0n) is 10.4. The Morgan fingerprint density at radius 1 is 1.30 bits per heavy atom. The second kappa shape index (κ2) is 5.41. The number of nitrogens with one attached hydrogen (secondary N) is 1. The molecule has 0 amide bonds. The van der Waals surface area contributed by atoms with Crippen LogP contribution in [0.1, 0.15) is 11.1 Å². The summed E-state index contributed by atoms with van der Waals surface area (Å²) in [6, 6.07) is 13.6. The van der Waals surface area contributed by atoms with E-state index in [-0.39, 0.29) is 0 Å². The third-order valence-corrected chi connectivity index (χ3v) is 4.10. The Hall–Kier alpha value is -2.23. The molecule has 1 aromatic carbocycles. The van der Waals surface area contributed by atoms with Gasteiger partial charge in [0.25, 0.3) is 0 Å². The monoisotopic (exact) mass is 298 g/mol. The zero-order chi connectivity index (χ0) is 13.9. The SMILES string of the molecule is N#Cc1ccc(Cn2c(-c3cccs3)n[nH]c2=S)cc1. The predicted molar refractivity (Wildman–Crippen MR) is 81.0 cm³/mol. The Labute approximate surface area is 124 Å². The number of nitriles is 1. The maximum atomic E-state index is 8.81. The van der Waals surface area contributed by atoms with Crippen molar-refractivity contribution >= 4 is 23.6 Å². The van der Waals surface area contributed by atoms with E-state index in [4.69, 9.17) is 17.5 Å². The minimum absolute atomic E-state index is 0.595. The minimum atomic E-state index is 0.595. The van der Waals surface area contributed by atoms with Crippen LogP contribution >= 0.6 is 23.6 Å². The summed E-state index contributed by atoms with van der Waals surface area (Å²) in [5, 5.41) is 18.0. The van der Waals surface area contributed by atoms with Gasteiger partial charge in [-0.15, -0.1) is 11.3 Å². The lowest BCUT2D eigenvalue weighted by Crippen LogP contribution is -2.01. The summed E-state index contributed by atoms with van der Waals surface area (Å²) in [5.41, 5.74) is 1.74. The predicted octanol–water partition coefficient (Wildman–Crippen LogP) is 3.59. The van der Waals surface area contributed by atoms with Gasteiger partial charge in [0.05, 0.1) is 23.1 Å². The lowest BCUT2D eigenvalue weighted by Gasteiger charge is -2.05. The van der Waals surface area contributed by atoms with Crippen LogP contribution in [0.5, 0.6) is 0 Å². The molecule has 3 aromatic rings. The van der Waals surface area contributed by atoms with Crippen molar-refractivity contribution in [3.05, 3.63) is 57.7 Å². The van der Waals surface area contributed by atoms with Crippen molar-refractivity contribution in [2.45, 2.75) is 6.54 Å². The minimum Gasteiger partial charge on any atom is -0.295 e. The van der Waals surface area contributed by atoms with Crippen molar-refractivity contribution in [3.8, 4) is 16.8 Å².